The number of urea groups is 1. The van der Waals surface area contributed by atoms with Crippen LogP contribution in [0.4, 0.5) is 13.6 Å². The van der Waals surface area contributed by atoms with E-state index in [0.717, 1.165) is 12.8 Å². The summed E-state index contributed by atoms with van der Waals surface area (Å²) >= 11 is 0. The number of amides is 2. The normalized spacial score (nSPS) is 20.0. The van der Waals surface area contributed by atoms with E-state index in [0.29, 0.717) is 28.0 Å². The van der Waals surface area contributed by atoms with Crippen LogP contribution in [0.3, 0.4) is 0 Å². The first-order chi connectivity index (χ1) is 12.7. The summed E-state index contributed by atoms with van der Waals surface area (Å²) in [5.74, 6) is -0.442. The molecule has 1 aliphatic heterocycles. The first kappa shape index (κ1) is 19.1. The monoisotopic (exact) mass is 380 g/mol. The minimum absolute atomic E-state index is 0.0933. The van der Waals surface area contributed by atoms with Crippen molar-refractivity contribution >= 4 is 12.0 Å². The van der Waals surface area contributed by atoms with Crippen molar-refractivity contribution in [1.82, 2.24) is 10.2 Å². The molecule has 0 unspecified atom stereocenters. The van der Waals surface area contributed by atoms with Gasteiger partial charge in [-0.3, -0.25) is 4.90 Å². The Kier molecular flexibility index (Phi) is 5.08. The SMILES string of the molecule is COC(=O)C1=C(C)N(C2CC2)C(=O)N[C@H]1c1cc(C)c(OC(F)F)c(C)c1. The van der Waals surface area contributed by atoms with E-state index in [-0.39, 0.29) is 17.8 Å². The topological polar surface area (TPSA) is 67.9 Å². The lowest BCUT2D eigenvalue weighted by Crippen LogP contribution is -2.48. The van der Waals surface area contributed by atoms with Gasteiger partial charge in [0.15, 0.2) is 0 Å². The maximum atomic E-state index is 12.6. The van der Waals surface area contributed by atoms with Crippen LogP contribution in [0.15, 0.2) is 23.4 Å². The Bertz CT molecular complexity index is 795. The molecule has 1 atom stereocenters. The maximum absolute atomic E-state index is 12.6. The second-order valence-corrected chi connectivity index (χ2v) is 6.84. The summed E-state index contributed by atoms with van der Waals surface area (Å²) in [6.07, 6.45) is 1.78. The lowest BCUT2D eigenvalue weighted by molar-refractivity contribution is -0.136. The number of rotatable bonds is 5. The summed E-state index contributed by atoms with van der Waals surface area (Å²) in [4.78, 5) is 26.7. The van der Waals surface area contributed by atoms with Gasteiger partial charge in [-0.25, -0.2) is 9.59 Å². The van der Waals surface area contributed by atoms with E-state index >= 15 is 0 Å². The second kappa shape index (κ2) is 7.17. The summed E-state index contributed by atoms with van der Waals surface area (Å²) in [7, 11) is 1.29. The number of allylic oxidation sites excluding steroid dienone is 1. The Labute approximate surface area is 156 Å². The zero-order chi connectivity index (χ0) is 19.9. The first-order valence-corrected chi connectivity index (χ1v) is 8.69. The number of benzene rings is 1. The van der Waals surface area contributed by atoms with Gasteiger partial charge in [0.1, 0.15) is 5.75 Å². The summed E-state index contributed by atoms with van der Waals surface area (Å²) in [5, 5.41) is 2.85. The van der Waals surface area contributed by atoms with Gasteiger partial charge in [-0.05, 0) is 62.4 Å². The highest BCUT2D eigenvalue weighted by Crippen LogP contribution is 2.39. The highest BCUT2D eigenvalue weighted by atomic mass is 19.3. The van der Waals surface area contributed by atoms with Gasteiger partial charge in [0, 0.05) is 11.7 Å². The highest BCUT2D eigenvalue weighted by molar-refractivity contribution is 5.95. The third-order valence-corrected chi connectivity index (χ3v) is 4.87. The van der Waals surface area contributed by atoms with E-state index in [2.05, 4.69) is 10.1 Å². The minimum Gasteiger partial charge on any atom is -0.466 e. The molecule has 8 heteroatoms. The van der Waals surface area contributed by atoms with E-state index in [4.69, 9.17) is 4.74 Å². The Morgan fingerprint density at radius 1 is 1.22 bits per heavy atom. The molecule has 1 aromatic rings. The Morgan fingerprint density at radius 3 is 2.30 bits per heavy atom. The lowest BCUT2D eigenvalue weighted by atomic mass is 9.92. The number of alkyl halides is 2. The molecular weight excluding hydrogens is 358 g/mol. The molecule has 146 valence electrons. The molecule has 27 heavy (non-hydrogen) atoms. The van der Waals surface area contributed by atoms with Gasteiger partial charge in [-0.15, -0.1) is 0 Å². The van der Waals surface area contributed by atoms with E-state index in [9.17, 15) is 18.4 Å². The average Bonchev–Trinajstić information content (AvgIpc) is 3.41. The number of hydrogen-bond acceptors (Lipinski definition) is 4. The molecular formula is C19H22F2N2O4. The van der Waals surface area contributed by atoms with Crippen LogP contribution in [0.2, 0.25) is 0 Å². The average molecular weight is 380 g/mol. The van der Waals surface area contributed by atoms with Crippen LogP contribution in [0, 0.1) is 13.8 Å². The Hall–Kier alpha value is -2.64. The highest BCUT2D eigenvalue weighted by Gasteiger charge is 2.42. The van der Waals surface area contributed by atoms with Gasteiger partial charge in [0.25, 0.3) is 0 Å². The second-order valence-electron chi connectivity index (χ2n) is 6.84. The van der Waals surface area contributed by atoms with Crippen LogP contribution in [0.1, 0.15) is 42.5 Å². The quantitative estimate of drug-likeness (QED) is 0.793. The molecule has 1 aliphatic carbocycles. The van der Waals surface area contributed by atoms with E-state index in [1.54, 1.807) is 37.8 Å². The molecule has 2 amide bonds. The van der Waals surface area contributed by atoms with Gasteiger partial charge in [-0.2, -0.15) is 8.78 Å². The molecule has 1 heterocycles. The minimum atomic E-state index is -2.93. The molecule has 0 aromatic heterocycles. The van der Waals surface area contributed by atoms with E-state index in [1.165, 1.54) is 7.11 Å². The fourth-order valence-electron chi connectivity index (χ4n) is 3.58. The molecule has 1 aromatic carbocycles. The van der Waals surface area contributed by atoms with Crippen LogP contribution in [-0.4, -0.2) is 36.7 Å². The van der Waals surface area contributed by atoms with Gasteiger partial charge < -0.3 is 14.8 Å². The van der Waals surface area contributed by atoms with Crippen LogP contribution in [0.25, 0.3) is 0 Å². The number of ether oxygens (including phenoxy) is 2. The van der Waals surface area contributed by atoms with Crippen LogP contribution in [0.5, 0.6) is 5.75 Å². The van der Waals surface area contributed by atoms with Gasteiger partial charge in [-0.1, -0.05) is 0 Å². The zero-order valence-electron chi connectivity index (χ0n) is 15.6. The smallest absolute Gasteiger partial charge is 0.387 e. The largest absolute Gasteiger partial charge is 0.466 e. The number of nitrogens with one attached hydrogen (secondary N) is 1. The molecule has 0 saturated heterocycles. The number of esters is 1. The number of nitrogens with zero attached hydrogens (tertiary/aromatic N) is 1. The van der Waals surface area contributed by atoms with Crippen molar-refractivity contribution in [2.45, 2.75) is 52.3 Å². The summed E-state index contributed by atoms with van der Waals surface area (Å²) < 4.78 is 34.8. The van der Waals surface area contributed by atoms with E-state index in [1.807, 2.05) is 0 Å². The van der Waals surface area contributed by atoms with Crippen molar-refractivity contribution < 1.29 is 27.8 Å². The number of halogens is 2. The Balaban J connectivity index is 2.06. The summed E-state index contributed by atoms with van der Waals surface area (Å²) in [5.41, 5.74) is 2.49. The lowest BCUT2D eigenvalue weighted by Gasteiger charge is -2.35. The number of carbonyl (C=O) groups excluding carboxylic acids is 2. The number of methoxy groups -OCH3 is 1. The fourth-order valence-corrected chi connectivity index (χ4v) is 3.58. The molecule has 0 spiro atoms. The van der Waals surface area contributed by atoms with Crippen molar-refractivity contribution in [3.63, 3.8) is 0 Å². The molecule has 0 bridgehead atoms. The Morgan fingerprint density at radius 2 is 1.81 bits per heavy atom. The van der Waals surface area contributed by atoms with Crippen molar-refractivity contribution in [1.29, 1.82) is 0 Å². The molecule has 6 nitrogen and oxygen atoms in total. The molecule has 1 fully saturated rings. The first-order valence-electron chi connectivity index (χ1n) is 8.69. The van der Waals surface area contributed by atoms with Gasteiger partial charge in [0.05, 0.1) is 18.7 Å². The van der Waals surface area contributed by atoms with Crippen LogP contribution in [-0.2, 0) is 9.53 Å². The van der Waals surface area contributed by atoms with Crippen LogP contribution >= 0.6 is 0 Å². The van der Waals surface area contributed by atoms with Gasteiger partial charge in [0.2, 0.25) is 0 Å². The van der Waals surface area contributed by atoms with Crippen molar-refractivity contribution in [3.05, 3.63) is 40.1 Å². The van der Waals surface area contributed by atoms with Crippen molar-refractivity contribution in [2.75, 3.05) is 7.11 Å². The molecule has 2 aliphatic rings. The van der Waals surface area contributed by atoms with Crippen LogP contribution < -0.4 is 10.1 Å². The molecule has 1 saturated carbocycles. The third kappa shape index (κ3) is 3.61. The predicted octanol–water partition coefficient (Wildman–Crippen LogP) is 3.58. The summed E-state index contributed by atoms with van der Waals surface area (Å²) in [6.45, 7) is 2.08. The number of aryl methyl sites for hydroxylation is 2. The number of hydrogen-bond donors (Lipinski definition) is 1. The standard InChI is InChI=1S/C19H22F2N2O4/c1-9-7-12(8-10(2)16(9)27-18(20)21)15-14(17(24)26-4)11(3)23(13-5-6-13)19(25)22-15/h7-8,13,15,18H,5-6H2,1-4H3,(H,22,25)/t15-/m0/s1. The fraction of sp³-hybridized carbons (Fsp3) is 0.474. The maximum Gasteiger partial charge on any atom is 0.387 e. The molecule has 3 rings (SSSR count). The predicted molar refractivity (Wildman–Crippen MR) is 93.4 cm³/mol. The number of carbonyl (C=O) groups is 2. The third-order valence-electron chi connectivity index (χ3n) is 4.87. The molecule has 1 N–H and O–H groups in total. The zero-order valence-corrected chi connectivity index (χ0v) is 15.6. The summed E-state index contributed by atoms with van der Waals surface area (Å²) in [6, 6.07) is 2.36. The van der Waals surface area contributed by atoms with Crippen molar-refractivity contribution in [2.24, 2.45) is 0 Å². The van der Waals surface area contributed by atoms with Crippen molar-refractivity contribution in [3.8, 4) is 5.75 Å². The molecule has 0 radical (unpaired) electrons. The van der Waals surface area contributed by atoms with E-state index < -0.39 is 18.6 Å². The van der Waals surface area contributed by atoms with Gasteiger partial charge >= 0.3 is 18.6 Å².